The zero-order valence-corrected chi connectivity index (χ0v) is 47.4. The first-order valence-electron chi connectivity index (χ1n) is 29.4. The number of phosphoric acid groups is 1. The molecule has 0 bridgehead atoms. The quantitative estimate of drug-likeness (QED) is 0.0211. The molecule has 0 aliphatic heterocycles. The Balaban J connectivity index is 4.04. The molecule has 10 heteroatoms. The lowest BCUT2D eigenvalue weighted by molar-refractivity contribution is -0.870. The van der Waals surface area contributed by atoms with Crippen molar-refractivity contribution >= 4 is 19.8 Å². The first-order valence-corrected chi connectivity index (χ1v) is 30.9. The first kappa shape index (κ1) is 68.0. The van der Waals surface area contributed by atoms with Gasteiger partial charge in [0, 0.05) is 12.8 Å². The van der Waals surface area contributed by atoms with Crippen molar-refractivity contribution in [1.29, 1.82) is 0 Å². The van der Waals surface area contributed by atoms with Crippen LogP contribution in [0.1, 0.15) is 271 Å². The highest BCUT2D eigenvalue weighted by Crippen LogP contribution is 2.43. The fourth-order valence-electron chi connectivity index (χ4n) is 8.36. The minimum Gasteiger partial charge on any atom is -0.462 e. The Hall–Kier alpha value is -2.03. The second-order valence-corrected chi connectivity index (χ2v) is 22.5. The van der Waals surface area contributed by atoms with E-state index in [1.165, 1.54) is 180 Å². The molecular weight excluding hydrogens is 894 g/mol. The number of hydrogen-bond donors (Lipinski definition) is 1. The largest absolute Gasteiger partial charge is 0.472 e. The van der Waals surface area contributed by atoms with Crippen molar-refractivity contribution in [2.45, 2.75) is 277 Å². The number of hydrogen-bond acceptors (Lipinski definition) is 7. The molecule has 0 aliphatic carbocycles. The molecule has 70 heavy (non-hydrogen) atoms. The highest BCUT2D eigenvalue weighted by Gasteiger charge is 2.27. The van der Waals surface area contributed by atoms with E-state index in [-0.39, 0.29) is 25.6 Å². The van der Waals surface area contributed by atoms with Gasteiger partial charge in [-0.25, -0.2) is 4.57 Å². The minimum absolute atomic E-state index is 0.0338. The lowest BCUT2D eigenvalue weighted by Gasteiger charge is -2.24. The molecule has 0 aromatic heterocycles. The molecule has 1 N–H and O–H groups in total. The number of nitrogens with zero attached hydrogens (tertiary/aromatic N) is 1. The Morgan fingerprint density at radius 2 is 0.814 bits per heavy atom. The zero-order chi connectivity index (χ0) is 51.3. The highest BCUT2D eigenvalue weighted by molar-refractivity contribution is 7.47. The monoisotopic (exact) mass is 1010 g/mol. The Kier molecular flexibility index (Phi) is 50.4. The SMILES string of the molecule is CC/C=C\C/C=C\C/C=C\C/C=C\CCCCCCCCCCCCCCCCCCCCC(=O)OC(COC(=O)CCCCCCCCCCCCCCCCC)COP(=O)(O)OCC[N+](C)(C)C. The van der Waals surface area contributed by atoms with Crippen LogP contribution in [0.5, 0.6) is 0 Å². The number of carbonyl (C=O) groups is 2. The van der Waals surface area contributed by atoms with Gasteiger partial charge in [-0.1, -0.05) is 255 Å². The summed E-state index contributed by atoms with van der Waals surface area (Å²) in [5, 5.41) is 0. The second-order valence-electron chi connectivity index (χ2n) is 21.0. The van der Waals surface area contributed by atoms with Crippen LogP contribution >= 0.6 is 7.82 Å². The molecule has 0 saturated carbocycles. The molecule has 0 aromatic rings. The molecule has 0 spiro atoms. The molecule has 0 saturated heterocycles. The average Bonchev–Trinajstić information content (AvgIpc) is 3.32. The number of allylic oxidation sites excluding steroid dienone is 8. The summed E-state index contributed by atoms with van der Waals surface area (Å²) in [4.78, 5) is 35.6. The third-order valence-corrected chi connectivity index (χ3v) is 13.9. The van der Waals surface area contributed by atoms with Gasteiger partial charge in [0.05, 0.1) is 27.7 Å². The van der Waals surface area contributed by atoms with E-state index in [0.29, 0.717) is 23.9 Å². The van der Waals surface area contributed by atoms with Crippen molar-refractivity contribution in [3.05, 3.63) is 48.6 Å². The summed E-state index contributed by atoms with van der Waals surface area (Å²) < 4.78 is 34.6. The summed E-state index contributed by atoms with van der Waals surface area (Å²) >= 11 is 0. The number of unbranched alkanes of at least 4 members (excludes halogenated alkanes) is 32. The number of ether oxygens (including phenoxy) is 2. The number of esters is 2. The molecule has 0 rings (SSSR count). The summed E-state index contributed by atoms with van der Waals surface area (Å²) in [7, 11) is 1.49. The fraction of sp³-hybridized carbons (Fsp3) is 0.833. The number of likely N-dealkylation sites (N-methyl/N-ethyl adjacent to an activating group) is 1. The van der Waals surface area contributed by atoms with Crippen molar-refractivity contribution in [2.24, 2.45) is 0 Å². The molecule has 9 nitrogen and oxygen atoms in total. The molecule has 0 heterocycles. The maximum Gasteiger partial charge on any atom is 0.472 e. The van der Waals surface area contributed by atoms with E-state index >= 15 is 0 Å². The third-order valence-electron chi connectivity index (χ3n) is 12.9. The molecule has 2 unspecified atom stereocenters. The van der Waals surface area contributed by atoms with Crippen molar-refractivity contribution in [3.8, 4) is 0 Å². The van der Waals surface area contributed by atoms with Crippen LogP contribution in [-0.2, 0) is 32.7 Å². The highest BCUT2D eigenvalue weighted by atomic mass is 31.2. The third kappa shape index (κ3) is 55.3. The molecule has 0 aliphatic rings. The summed E-state index contributed by atoms with van der Waals surface area (Å²) in [5.41, 5.74) is 0. The van der Waals surface area contributed by atoms with E-state index in [2.05, 4.69) is 62.5 Å². The number of carbonyl (C=O) groups excluding carboxylic acids is 2. The molecule has 2 atom stereocenters. The summed E-state index contributed by atoms with van der Waals surface area (Å²) in [6.45, 7) is 4.36. The number of rotatable bonds is 54. The van der Waals surface area contributed by atoms with E-state index in [4.69, 9.17) is 18.5 Å². The van der Waals surface area contributed by atoms with Crippen LogP contribution in [0.25, 0.3) is 0 Å². The van der Waals surface area contributed by atoms with Crippen LogP contribution < -0.4 is 0 Å². The molecule has 410 valence electrons. The van der Waals surface area contributed by atoms with Crippen LogP contribution in [0.15, 0.2) is 48.6 Å². The normalized spacial score (nSPS) is 13.6. The Bertz CT molecular complexity index is 1320. The zero-order valence-electron chi connectivity index (χ0n) is 46.5. The predicted octanol–water partition coefficient (Wildman–Crippen LogP) is 18.1. The van der Waals surface area contributed by atoms with Crippen LogP contribution in [0.3, 0.4) is 0 Å². The average molecular weight is 1010 g/mol. The minimum atomic E-state index is -4.38. The van der Waals surface area contributed by atoms with Crippen molar-refractivity contribution < 1.29 is 42.1 Å². The van der Waals surface area contributed by atoms with Gasteiger partial charge in [-0.3, -0.25) is 18.6 Å². The lowest BCUT2D eigenvalue weighted by atomic mass is 10.0. The molecule has 0 radical (unpaired) electrons. The van der Waals surface area contributed by atoms with Crippen molar-refractivity contribution in [3.63, 3.8) is 0 Å². The fourth-order valence-corrected chi connectivity index (χ4v) is 9.10. The molecule has 0 aromatic carbocycles. The summed E-state index contributed by atoms with van der Waals surface area (Å²) in [5.74, 6) is -0.783. The van der Waals surface area contributed by atoms with Gasteiger partial charge < -0.3 is 18.9 Å². The van der Waals surface area contributed by atoms with Crippen LogP contribution in [0.4, 0.5) is 0 Å². The van der Waals surface area contributed by atoms with E-state index in [1.54, 1.807) is 0 Å². The van der Waals surface area contributed by atoms with Gasteiger partial charge in [0.25, 0.3) is 0 Å². The van der Waals surface area contributed by atoms with Crippen LogP contribution in [0.2, 0.25) is 0 Å². The maximum absolute atomic E-state index is 12.8. The number of quaternary nitrogens is 1. The Morgan fingerprint density at radius 3 is 1.21 bits per heavy atom. The van der Waals surface area contributed by atoms with E-state index < -0.39 is 26.5 Å². The van der Waals surface area contributed by atoms with Gasteiger partial charge in [0.15, 0.2) is 6.10 Å². The topological polar surface area (TPSA) is 108 Å². The lowest BCUT2D eigenvalue weighted by Crippen LogP contribution is -2.37. The smallest absolute Gasteiger partial charge is 0.462 e. The van der Waals surface area contributed by atoms with E-state index in [9.17, 15) is 19.0 Å². The first-order chi connectivity index (χ1) is 34.0. The molecular formula is C60H113NO8P+. The Morgan fingerprint density at radius 1 is 0.457 bits per heavy atom. The number of phosphoric ester groups is 1. The van der Waals surface area contributed by atoms with Gasteiger partial charge >= 0.3 is 19.8 Å². The van der Waals surface area contributed by atoms with Crippen LogP contribution in [-0.4, -0.2) is 74.9 Å². The summed E-state index contributed by atoms with van der Waals surface area (Å²) in [6, 6.07) is 0. The maximum atomic E-state index is 12.8. The van der Waals surface area contributed by atoms with Crippen molar-refractivity contribution in [2.75, 3.05) is 47.5 Å². The van der Waals surface area contributed by atoms with Gasteiger partial charge in [-0.05, 0) is 51.4 Å². The standard InChI is InChI=1S/C60H112NO8P/c1-6-8-10-12-14-16-18-20-22-23-24-25-26-27-28-29-30-31-32-33-34-35-36-37-39-41-43-45-47-49-51-53-60(63)69-58(57-68-70(64,65)67-55-54-61(3,4)5)56-66-59(62)52-50-48-46-44-42-40-38-21-19-17-15-13-11-9-7-2/h8,10,14,16,20,22,24-25,58H,6-7,9,11-13,15,17-19,21,23,26-57H2,1-5H3/p+1/b10-8-,16-14-,22-20-,25-24-. The van der Waals surface area contributed by atoms with Gasteiger partial charge in [0.2, 0.25) is 0 Å². The second kappa shape index (κ2) is 51.9. The van der Waals surface area contributed by atoms with Crippen LogP contribution in [0, 0.1) is 0 Å². The van der Waals surface area contributed by atoms with Gasteiger partial charge in [-0.15, -0.1) is 0 Å². The van der Waals surface area contributed by atoms with Crippen molar-refractivity contribution in [1.82, 2.24) is 0 Å². The van der Waals surface area contributed by atoms with Gasteiger partial charge in [0.1, 0.15) is 19.8 Å². The summed E-state index contributed by atoms with van der Waals surface area (Å²) in [6.07, 6.45) is 64.7. The van der Waals surface area contributed by atoms with E-state index in [0.717, 1.165) is 57.8 Å². The molecule has 0 fully saturated rings. The predicted molar refractivity (Wildman–Crippen MR) is 298 cm³/mol. The van der Waals surface area contributed by atoms with E-state index in [1.807, 2.05) is 21.1 Å². The Labute approximate surface area is 433 Å². The van der Waals surface area contributed by atoms with Gasteiger partial charge in [-0.2, -0.15) is 0 Å². The molecule has 0 amide bonds.